The lowest BCUT2D eigenvalue weighted by atomic mass is 10.2. The molecule has 1 saturated heterocycles. The van der Waals surface area contributed by atoms with E-state index in [4.69, 9.17) is 0 Å². The van der Waals surface area contributed by atoms with E-state index in [-0.39, 0.29) is 12.1 Å². The van der Waals surface area contributed by atoms with Gasteiger partial charge in [0.25, 0.3) is 0 Å². The smallest absolute Gasteiger partial charge is 0.167 e. The second-order valence-electron chi connectivity index (χ2n) is 3.74. The maximum absolute atomic E-state index is 9.34. The maximum atomic E-state index is 9.34. The quantitative estimate of drug-likeness (QED) is 0.643. The molecule has 0 bridgehead atoms. The Hall–Kier alpha value is -0.940. The minimum atomic E-state index is -0.256. The van der Waals surface area contributed by atoms with Crippen molar-refractivity contribution in [1.29, 1.82) is 0 Å². The molecule has 0 amide bonds. The summed E-state index contributed by atoms with van der Waals surface area (Å²) < 4.78 is 0. The van der Waals surface area contributed by atoms with Gasteiger partial charge in [-0.2, -0.15) is 5.10 Å². The van der Waals surface area contributed by atoms with Gasteiger partial charge in [0, 0.05) is 13.0 Å². The number of aromatic nitrogens is 3. The Morgan fingerprint density at radius 3 is 3.07 bits per heavy atom. The van der Waals surface area contributed by atoms with E-state index in [9.17, 15) is 5.11 Å². The number of β-amino-alcohol motifs (C(OH)–C–C–N with tert-alkyl or cyclic N) is 1. The predicted octanol–water partition coefficient (Wildman–Crippen LogP) is 0.152. The Balaban J connectivity index is 2.02. The molecule has 78 valence electrons. The van der Waals surface area contributed by atoms with E-state index in [1.807, 2.05) is 0 Å². The third-order valence-corrected chi connectivity index (χ3v) is 2.46. The van der Waals surface area contributed by atoms with Crippen LogP contribution in [0.2, 0.25) is 0 Å². The van der Waals surface area contributed by atoms with Crippen LogP contribution in [-0.4, -0.2) is 32.9 Å². The van der Waals surface area contributed by atoms with E-state index < -0.39 is 0 Å². The van der Waals surface area contributed by atoms with E-state index in [0.29, 0.717) is 13.0 Å². The molecule has 2 heterocycles. The predicted molar refractivity (Wildman–Crippen MR) is 51.7 cm³/mol. The molecule has 1 aliphatic heterocycles. The SMILES string of the molecule is CCCc1nc([C@@H]2C[C@@H](O)CN2)n[nH]1. The Kier molecular flexibility index (Phi) is 2.79. The number of aryl methyl sites for hydroxylation is 1. The molecule has 0 aromatic carbocycles. The Morgan fingerprint density at radius 2 is 2.43 bits per heavy atom. The standard InChI is InChI=1S/C9H16N4O/c1-2-3-8-11-9(13-12-8)7-4-6(14)5-10-7/h6-7,10,14H,2-5H2,1H3,(H,11,12,13)/t6-,7+/m1/s1. The summed E-state index contributed by atoms with van der Waals surface area (Å²) in [5.74, 6) is 1.72. The van der Waals surface area contributed by atoms with Crippen LogP contribution in [-0.2, 0) is 6.42 Å². The van der Waals surface area contributed by atoms with E-state index in [1.54, 1.807) is 0 Å². The molecule has 1 aromatic heterocycles. The fourth-order valence-corrected chi connectivity index (χ4v) is 1.73. The number of rotatable bonds is 3. The zero-order valence-corrected chi connectivity index (χ0v) is 8.32. The van der Waals surface area contributed by atoms with Crippen molar-refractivity contribution in [2.45, 2.75) is 38.3 Å². The van der Waals surface area contributed by atoms with Crippen molar-refractivity contribution in [3.05, 3.63) is 11.6 Å². The van der Waals surface area contributed by atoms with E-state index >= 15 is 0 Å². The van der Waals surface area contributed by atoms with Crippen LogP contribution in [0.1, 0.15) is 37.5 Å². The van der Waals surface area contributed by atoms with Gasteiger partial charge < -0.3 is 10.4 Å². The highest BCUT2D eigenvalue weighted by Crippen LogP contribution is 2.19. The molecule has 2 atom stereocenters. The Labute approximate surface area is 82.9 Å². The lowest BCUT2D eigenvalue weighted by Crippen LogP contribution is -2.15. The summed E-state index contributed by atoms with van der Waals surface area (Å²) in [6.07, 6.45) is 2.45. The summed E-state index contributed by atoms with van der Waals surface area (Å²) in [6.45, 7) is 2.75. The molecule has 0 unspecified atom stereocenters. The van der Waals surface area contributed by atoms with Gasteiger partial charge in [-0.3, -0.25) is 5.10 Å². The third kappa shape index (κ3) is 1.93. The highest BCUT2D eigenvalue weighted by molar-refractivity contribution is 5.00. The van der Waals surface area contributed by atoms with Crippen LogP contribution in [0.5, 0.6) is 0 Å². The second-order valence-corrected chi connectivity index (χ2v) is 3.74. The topological polar surface area (TPSA) is 73.8 Å². The summed E-state index contributed by atoms with van der Waals surface area (Å²) in [4.78, 5) is 4.38. The zero-order valence-electron chi connectivity index (χ0n) is 8.32. The number of nitrogens with zero attached hydrogens (tertiary/aromatic N) is 2. The molecule has 3 N–H and O–H groups in total. The summed E-state index contributed by atoms with van der Waals surface area (Å²) in [5.41, 5.74) is 0. The van der Waals surface area contributed by atoms with Crippen LogP contribution in [0.3, 0.4) is 0 Å². The molecule has 2 rings (SSSR count). The van der Waals surface area contributed by atoms with Crippen molar-refractivity contribution in [2.75, 3.05) is 6.54 Å². The summed E-state index contributed by atoms with van der Waals surface area (Å²) >= 11 is 0. The molecule has 0 radical (unpaired) electrons. The molecule has 0 aliphatic carbocycles. The minimum Gasteiger partial charge on any atom is -0.392 e. The molecule has 14 heavy (non-hydrogen) atoms. The van der Waals surface area contributed by atoms with E-state index in [1.165, 1.54) is 0 Å². The van der Waals surface area contributed by atoms with Crippen molar-refractivity contribution in [2.24, 2.45) is 0 Å². The summed E-state index contributed by atoms with van der Waals surface area (Å²) in [5, 5.41) is 19.6. The van der Waals surface area contributed by atoms with Crippen LogP contribution in [0.4, 0.5) is 0 Å². The van der Waals surface area contributed by atoms with Gasteiger partial charge >= 0.3 is 0 Å². The molecule has 5 heteroatoms. The number of hydrogen-bond donors (Lipinski definition) is 3. The van der Waals surface area contributed by atoms with Crippen molar-refractivity contribution in [1.82, 2.24) is 20.5 Å². The molecule has 0 spiro atoms. The van der Waals surface area contributed by atoms with Gasteiger partial charge in [-0.1, -0.05) is 6.92 Å². The first-order valence-electron chi connectivity index (χ1n) is 5.12. The van der Waals surface area contributed by atoms with Crippen LogP contribution >= 0.6 is 0 Å². The van der Waals surface area contributed by atoms with Crippen molar-refractivity contribution in [3.63, 3.8) is 0 Å². The molecular weight excluding hydrogens is 180 g/mol. The number of nitrogens with one attached hydrogen (secondary N) is 2. The number of aliphatic hydroxyl groups excluding tert-OH is 1. The number of aromatic amines is 1. The van der Waals surface area contributed by atoms with Gasteiger partial charge in [-0.15, -0.1) is 0 Å². The number of aliphatic hydroxyl groups is 1. The first kappa shape index (κ1) is 9.61. The molecule has 0 saturated carbocycles. The average molecular weight is 196 g/mol. The second kappa shape index (κ2) is 4.06. The molecule has 1 aliphatic rings. The lowest BCUT2D eigenvalue weighted by molar-refractivity contribution is 0.193. The highest BCUT2D eigenvalue weighted by Gasteiger charge is 2.26. The fraction of sp³-hybridized carbons (Fsp3) is 0.778. The van der Waals surface area contributed by atoms with E-state index in [0.717, 1.165) is 24.5 Å². The van der Waals surface area contributed by atoms with Gasteiger partial charge in [-0.05, 0) is 12.8 Å². The van der Waals surface area contributed by atoms with Gasteiger partial charge in [-0.25, -0.2) is 4.98 Å². The number of H-pyrrole nitrogens is 1. The van der Waals surface area contributed by atoms with Crippen LogP contribution < -0.4 is 5.32 Å². The summed E-state index contributed by atoms with van der Waals surface area (Å²) in [6, 6.07) is 0.117. The average Bonchev–Trinajstić information content (AvgIpc) is 2.74. The first-order valence-corrected chi connectivity index (χ1v) is 5.12. The van der Waals surface area contributed by atoms with Gasteiger partial charge in [0.15, 0.2) is 5.82 Å². The lowest BCUT2D eigenvalue weighted by Gasteiger charge is -2.02. The zero-order chi connectivity index (χ0) is 9.97. The third-order valence-electron chi connectivity index (χ3n) is 2.46. The first-order chi connectivity index (χ1) is 6.79. The van der Waals surface area contributed by atoms with Crippen molar-refractivity contribution < 1.29 is 5.11 Å². The van der Waals surface area contributed by atoms with E-state index in [2.05, 4.69) is 27.4 Å². The van der Waals surface area contributed by atoms with Crippen LogP contribution in [0.15, 0.2) is 0 Å². The molecule has 1 fully saturated rings. The van der Waals surface area contributed by atoms with Crippen LogP contribution in [0.25, 0.3) is 0 Å². The summed E-state index contributed by atoms with van der Waals surface area (Å²) in [7, 11) is 0. The van der Waals surface area contributed by atoms with Crippen LogP contribution in [0, 0.1) is 0 Å². The van der Waals surface area contributed by atoms with Crippen molar-refractivity contribution >= 4 is 0 Å². The normalized spacial score (nSPS) is 27.0. The minimum absolute atomic E-state index is 0.117. The Morgan fingerprint density at radius 1 is 1.57 bits per heavy atom. The largest absolute Gasteiger partial charge is 0.392 e. The Bertz CT molecular complexity index is 299. The van der Waals surface area contributed by atoms with Gasteiger partial charge in [0.2, 0.25) is 0 Å². The number of hydrogen-bond acceptors (Lipinski definition) is 4. The molecule has 1 aromatic rings. The maximum Gasteiger partial charge on any atom is 0.167 e. The molecular formula is C9H16N4O. The van der Waals surface area contributed by atoms with Gasteiger partial charge in [0.1, 0.15) is 5.82 Å². The fourth-order valence-electron chi connectivity index (χ4n) is 1.73. The monoisotopic (exact) mass is 196 g/mol. The van der Waals surface area contributed by atoms with Gasteiger partial charge in [0.05, 0.1) is 12.1 Å². The molecule has 5 nitrogen and oxygen atoms in total. The van der Waals surface area contributed by atoms with Crippen molar-refractivity contribution in [3.8, 4) is 0 Å². The highest BCUT2D eigenvalue weighted by atomic mass is 16.3.